The van der Waals surface area contributed by atoms with Crippen molar-refractivity contribution in [2.24, 2.45) is 5.73 Å². The van der Waals surface area contributed by atoms with Crippen molar-refractivity contribution >= 4 is 28.5 Å². The molecule has 0 fully saturated rings. The van der Waals surface area contributed by atoms with E-state index in [1.807, 2.05) is 30.3 Å². The molecule has 4 N–H and O–H groups in total. The second-order valence-corrected chi connectivity index (χ2v) is 6.69. The van der Waals surface area contributed by atoms with Gasteiger partial charge in [0.05, 0.1) is 12.6 Å². The van der Waals surface area contributed by atoms with Crippen LogP contribution in [0.4, 0.5) is 5.82 Å². The standard InChI is InChI=1S/C22H27N7O/c1-3-29(14-17-5-4-8-26-22(17)30-2)10-9-25-21-19-11-16(18(12-23)13-24)6-7-20(19)27-15-28-21/h4-8,11-13,15,23H,3,9-10,14,24H2,1-2H3,(H,25,27,28)/b18-13+,23-12?. The molecule has 3 aromatic rings. The van der Waals surface area contributed by atoms with Crippen LogP contribution in [0.5, 0.6) is 5.88 Å². The van der Waals surface area contributed by atoms with E-state index < -0.39 is 0 Å². The molecule has 2 aromatic heterocycles. The molecule has 0 radical (unpaired) electrons. The van der Waals surface area contributed by atoms with Gasteiger partial charge in [-0.3, -0.25) is 4.90 Å². The fraction of sp³-hybridized carbons (Fsp3) is 0.273. The molecule has 0 unspecified atom stereocenters. The minimum absolute atomic E-state index is 0.647. The second kappa shape index (κ2) is 10.3. The van der Waals surface area contributed by atoms with Crippen LogP contribution >= 0.6 is 0 Å². The highest BCUT2D eigenvalue weighted by molar-refractivity contribution is 6.09. The van der Waals surface area contributed by atoms with Crippen LogP contribution in [0.2, 0.25) is 0 Å². The van der Waals surface area contributed by atoms with E-state index in [1.54, 1.807) is 19.6 Å². The monoisotopic (exact) mass is 405 g/mol. The smallest absolute Gasteiger partial charge is 0.217 e. The van der Waals surface area contributed by atoms with Crippen LogP contribution in [0.3, 0.4) is 0 Å². The quantitative estimate of drug-likeness (QED) is 0.445. The predicted octanol–water partition coefficient (Wildman–Crippen LogP) is 2.92. The molecule has 0 saturated heterocycles. The van der Waals surface area contributed by atoms with Crippen molar-refractivity contribution in [3.8, 4) is 5.88 Å². The van der Waals surface area contributed by atoms with Gasteiger partial charge in [-0.25, -0.2) is 15.0 Å². The minimum atomic E-state index is 0.647. The SMILES string of the molecule is CCN(CCNc1ncnc2ccc(/C(C=N)=C/N)cc12)Cc1cccnc1OC. The molecule has 156 valence electrons. The number of methoxy groups -OCH3 is 1. The van der Waals surface area contributed by atoms with Gasteiger partial charge < -0.3 is 21.2 Å². The first-order valence-electron chi connectivity index (χ1n) is 9.81. The molecular weight excluding hydrogens is 378 g/mol. The Bertz CT molecular complexity index is 1030. The number of likely N-dealkylation sites (N-methyl/N-ethyl adjacent to an activating group) is 1. The Kier molecular flexibility index (Phi) is 7.29. The predicted molar refractivity (Wildman–Crippen MR) is 121 cm³/mol. The number of benzene rings is 1. The van der Waals surface area contributed by atoms with Crippen molar-refractivity contribution in [1.29, 1.82) is 5.41 Å². The van der Waals surface area contributed by atoms with Crippen molar-refractivity contribution < 1.29 is 4.74 Å². The molecule has 0 aliphatic rings. The summed E-state index contributed by atoms with van der Waals surface area (Å²) in [5.41, 5.74) is 9.04. The van der Waals surface area contributed by atoms with Gasteiger partial charge in [-0.05, 0) is 30.3 Å². The molecule has 0 bridgehead atoms. The highest BCUT2D eigenvalue weighted by atomic mass is 16.5. The van der Waals surface area contributed by atoms with Gasteiger partial charge >= 0.3 is 0 Å². The van der Waals surface area contributed by atoms with Crippen LogP contribution in [-0.2, 0) is 6.54 Å². The normalized spacial score (nSPS) is 11.6. The zero-order chi connectivity index (χ0) is 21.3. The number of hydrogen-bond donors (Lipinski definition) is 3. The van der Waals surface area contributed by atoms with Crippen LogP contribution in [0, 0.1) is 5.41 Å². The molecule has 0 aliphatic heterocycles. The Balaban J connectivity index is 1.71. The number of nitrogens with one attached hydrogen (secondary N) is 2. The van der Waals surface area contributed by atoms with E-state index in [-0.39, 0.29) is 0 Å². The molecule has 0 amide bonds. The van der Waals surface area contributed by atoms with E-state index in [0.717, 1.165) is 54.0 Å². The van der Waals surface area contributed by atoms with Gasteiger partial charge in [-0.1, -0.05) is 19.1 Å². The zero-order valence-electron chi connectivity index (χ0n) is 17.3. The zero-order valence-corrected chi connectivity index (χ0v) is 17.3. The van der Waals surface area contributed by atoms with Crippen molar-refractivity contribution in [3.63, 3.8) is 0 Å². The number of pyridine rings is 1. The summed E-state index contributed by atoms with van der Waals surface area (Å²) in [4.78, 5) is 15.3. The molecule has 0 atom stereocenters. The lowest BCUT2D eigenvalue weighted by Gasteiger charge is -2.21. The van der Waals surface area contributed by atoms with Gasteiger partial charge in [0, 0.05) is 54.8 Å². The van der Waals surface area contributed by atoms with Gasteiger partial charge in [0.15, 0.2) is 0 Å². The fourth-order valence-electron chi connectivity index (χ4n) is 3.26. The maximum atomic E-state index is 7.52. The van der Waals surface area contributed by atoms with Crippen LogP contribution in [-0.4, -0.2) is 52.8 Å². The molecule has 2 heterocycles. The summed E-state index contributed by atoms with van der Waals surface area (Å²) >= 11 is 0. The van der Waals surface area contributed by atoms with Crippen LogP contribution in [0.15, 0.2) is 49.1 Å². The molecular formula is C22H27N7O. The van der Waals surface area contributed by atoms with E-state index in [2.05, 4.69) is 32.1 Å². The molecule has 1 aromatic carbocycles. The Morgan fingerprint density at radius 2 is 2.13 bits per heavy atom. The lowest BCUT2D eigenvalue weighted by Crippen LogP contribution is -2.29. The highest BCUT2D eigenvalue weighted by Crippen LogP contribution is 2.23. The number of nitrogens with zero attached hydrogens (tertiary/aromatic N) is 4. The third-order valence-electron chi connectivity index (χ3n) is 4.91. The summed E-state index contributed by atoms with van der Waals surface area (Å²) in [7, 11) is 1.64. The van der Waals surface area contributed by atoms with Crippen LogP contribution in [0.25, 0.3) is 16.5 Å². The first kappa shape index (κ1) is 21.2. The number of fused-ring (bicyclic) bond motifs is 1. The third-order valence-corrected chi connectivity index (χ3v) is 4.91. The molecule has 8 nitrogen and oxygen atoms in total. The average molecular weight is 406 g/mol. The summed E-state index contributed by atoms with van der Waals surface area (Å²) in [6, 6.07) is 9.74. The van der Waals surface area contributed by atoms with Gasteiger partial charge in [-0.2, -0.15) is 0 Å². The van der Waals surface area contributed by atoms with E-state index in [0.29, 0.717) is 11.5 Å². The van der Waals surface area contributed by atoms with Gasteiger partial charge in [0.1, 0.15) is 12.1 Å². The van der Waals surface area contributed by atoms with Crippen LogP contribution < -0.4 is 15.8 Å². The first-order chi connectivity index (χ1) is 14.7. The summed E-state index contributed by atoms with van der Waals surface area (Å²) in [6.07, 6.45) is 5.96. The third kappa shape index (κ3) is 4.90. The first-order valence-corrected chi connectivity index (χ1v) is 9.81. The Morgan fingerprint density at radius 3 is 2.87 bits per heavy atom. The fourth-order valence-corrected chi connectivity index (χ4v) is 3.26. The van der Waals surface area contributed by atoms with Gasteiger partial charge in [0.2, 0.25) is 5.88 Å². The summed E-state index contributed by atoms with van der Waals surface area (Å²) < 4.78 is 5.36. The second-order valence-electron chi connectivity index (χ2n) is 6.69. The van der Waals surface area contributed by atoms with Crippen molar-refractivity contribution in [1.82, 2.24) is 19.9 Å². The lowest BCUT2D eigenvalue weighted by molar-refractivity contribution is 0.283. The molecule has 3 rings (SSSR count). The topological polar surface area (TPSA) is 113 Å². The van der Waals surface area contributed by atoms with Crippen molar-refractivity contribution in [2.75, 3.05) is 32.1 Å². The summed E-state index contributed by atoms with van der Waals surface area (Å²) in [5, 5.41) is 11.8. The van der Waals surface area contributed by atoms with Crippen LogP contribution in [0.1, 0.15) is 18.1 Å². The number of rotatable bonds is 10. The van der Waals surface area contributed by atoms with Gasteiger partial charge in [-0.15, -0.1) is 0 Å². The molecule has 0 spiro atoms. The molecule has 0 saturated carbocycles. The van der Waals surface area contributed by atoms with Crippen molar-refractivity contribution in [3.05, 3.63) is 60.2 Å². The summed E-state index contributed by atoms with van der Waals surface area (Å²) in [5.74, 6) is 1.42. The average Bonchev–Trinajstić information content (AvgIpc) is 2.79. The maximum Gasteiger partial charge on any atom is 0.217 e. The highest BCUT2D eigenvalue weighted by Gasteiger charge is 2.10. The van der Waals surface area contributed by atoms with E-state index in [9.17, 15) is 0 Å². The molecule has 30 heavy (non-hydrogen) atoms. The Labute approximate surface area is 176 Å². The minimum Gasteiger partial charge on any atom is -0.481 e. The Hall–Kier alpha value is -3.52. The number of anilines is 1. The number of ether oxygens (including phenoxy) is 1. The Morgan fingerprint density at radius 1 is 1.27 bits per heavy atom. The maximum absolute atomic E-state index is 7.52. The number of allylic oxidation sites excluding steroid dienone is 1. The van der Waals surface area contributed by atoms with E-state index in [4.69, 9.17) is 15.9 Å². The lowest BCUT2D eigenvalue weighted by atomic mass is 10.1. The molecule has 0 aliphatic carbocycles. The van der Waals surface area contributed by atoms with Gasteiger partial charge in [0.25, 0.3) is 0 Å². The number of nitrogens with two attached hydrogens (primary N) is 1. The van der Waals surface area contributed by atoms with E-state index in [1.165, 1.54) is 12.4 Å². The van der Waals surface area contributed by atoms with Crippen molar-refractivity contribution in [2.45, 2.75) is 13.5 Å². The number of aromatic nitrogens is 3. The number of hydrogen-bond acceptors (Lipinski definition) is 8. The largest absolute Gasteiger partial charge is 0.481 e. The van der Waals surface area contributed by atoms with E-state index >= 15 is 0 Å². The molecule has 8 heteroatoms. The summed E-state index contributed by atoms with van der Waals surface area (Å²) in [6.45, 7) is 5.34.